The van der Waals surface area contributed by atoms with E-state index in [2.05, 4.69) is 15.4 Å². The Balaban J connectivity index is 2.66. The summed E-state index contributed by atoms with van der Waals surface area (Å²) in [7, 11) is 0. The van der Waals surface area contributed by atoms with Crippen molar-refractivity contribution >= 4 is 17.7 Å². The minimum atomic E-state index is -4.83. The maximum atomic E-state index is 12.0. The normalized spacial score (nSPS) is 12.4. The standard InChI is InChI=1S/C11H11F3N2O4/c1-6(9(17)18)15-10(19)16-7-3-2-4-8(5-7)20-11(12,13)14/h2-6H,1H3,(H,17,18)(H2,15,16,19). The van der Waals surface area contributed by atoms with Gasteiger partial charge in [0.2, 0.25) is 0 Å². The number of halogens is 3. The van der Waals surface area contributed by atoms with Crippen molar-refractivity contribution in [1.82, 2.24) is 5.32 Å². The van der Waals surface area contributed by atoms with Crippen LogP contribution in [0.2, 0.25) is 0 Å². The van der Waals surface area contributed by atoms with Gasteiger partial charge in [-0.1, -0.05) is 6.07 Å². The minimum Gasteiger partial charge on any atom is -0.480 e. The molecular formula is C11H11F3N2O4. The van der Waals surface area contributed by atoms with Crippen molar-refractivity contribution in [3.05, 3.63) is 24.3 Å². The van der Waals surface area contributed by atoms with Crippen LogP contribution in [-0.2, 0) is 4.79 Å². The van der Waals surface area contributed by atoms with Crippen molar-refractivity contribution in [1.29, 1.82) is 0 Å². The molecule has 20 heavy (non-hydrogen) atoms. The van der Waals surface area contributed by atoms with E-state index in [1.165, 1.54) is 19.1 Å². The molecular weight excluding hydrogens is 281 g/mol. The number of carboxylic acid groups (broad SMARTS) is 1. The predicted molar refractivity (Wildman–Crippen MR) is 62.4 cm³/mol. The Bertz CT molecular complexity index is 505. The highest BCUT2D eigenvalue weighted by Gasteiger charge is 2.31. The summed E-state index contributed by atoms with van der Waals surface area (Å²) in [6.07, 6.45) is -4.83. The average Bonchev–Trinajstić information content (AvgIpc) is 2.26. The largest absolute Gasteiger partial charge is 0.573 e. The predicted octanol–water partition coefficient (Wildman–Crippen LogP) is 2.18. The van der Waals surface area contributed by atoms with E-state index in [-0.39, 0.29) is 5.69 Å². The first kappa shape index (κ1) is 15.6. The third kappa shape index (κ3) is 5.46. The first-order chi connectivity index (χ1) is 9.17. The summed E-state index contributed by atoms with van der Waals surface area (Å²) in [6.45, 7) is 1.24. The number of carbonyl (C=O) groups is 2. The van der Waals surface area contributed by atoms with Crippen molar-refractivity contribution in [3.63, 3.8) is 0 Å². The quantitative estimate of drug-likeness (QED) is 0.793. The molecule has 9 heteroatoms. The SMILES string of the molecule is CC(NC(=O)Nc1cccc(OC(F)(F)F)c1)C(=O)O. The molecule has 1 rings (SSSR count). The molecule has 6 nitrogen and oxygen atoms in total. The Hall–Kier alpha value is -2.45. The maximum absolute atomic E-state index is 12.0. The molecule has 2 amide bonds. The smallest absolute Gasteiger partial charge is 0.480 e. The number of hydrogen-bond donors (Lipinski definition) is 3. The molecule has 0 aliphatic rings. The lowest BCUT2D eigenvalue weighted by Gasteiger charge is -2.12. The van der Waals surface area contributed by atoms with E-state index in [4.69, 9.17) is 5.11 Å². The molecule has 0 aromatic heterocycles. The highest BCUT2D eigenvalue weighted by atomic mass is 19.4. The van der Waals surface area contributed by atoms with Crippen molar-refractivity contribution in [2.75, 3.05) is 5.32 Å². The molecule has 1 aromatic carbocycles. The molecule has 0 bridgehead atoms. The zero-order valence-corrected chi connectivity index (χ0v) is 10.2. The minimum absolute atomic E-state index is 0.0295. The van der Waals surface area contributed by atoms with Crippen LogP contribution in [0.15, 0.2) is 24.3 Å². The van der Waals surface area contributed by atoms with Crippen molar-refractivity contribution in [3.8, 4) is 5.75 Å². The Morgan fingerprint density at radius 1 is 1.35 bits per heavy atom. The Kier molecular flexibility index (Phi) is 4.78. The van der Waals surface area contributed by atoms with Crippen molar-refractivity contribution < 1.29 is 32.6 Å². The van der Waals surface area contributed by atoms with Crippen LogP contribution in [0.25, 0.3) is 0 Å². The zero-order valence-electron chi connectivity index (χ0n) is 10.2. The van der Waals surface area contributed by atoms with Crippen LogP contribution in [0, 0.1) is 0 Å². The summed E-state index contributed by atoms with van der Waals surface area (Å²) in [5.41, 5.74) is 0.0295. The fraction of sp³-hybridized carbons (Fsp3) is 0.273. The van der Waals surface area contributed by atoms with Crippen molar-refractivity contribution in [2.24, 2.45) is 0 Å². The molecule has 0 fully saturated rings. The number of anilines is 1. The average molecular weight is 292 g/mol. The number of carbonyl (C=O) groups excluding carboxylic acids is 1. The summed E-state index contributed by atoms with van der Waals surface area (Å²) in [5, 5.41) is 12.9. The first-order valence-electron chi connectivity index (χ1n) is 5.33. The Labute approximate surface area is 111 Å². The van der Waals surface area contributed by atoms with Crippen LogP contribution in [0.4, 0.5) is 23.7 Å². The summed E-state index contributed by atoms with van der Waals surface area (Å²) in [5.74, 6) is -1.74. The van der Waals surface area contributed by atoms with E-state index < -0.39 is 30.2 Å². The summed E-state index contributed by atoms with van der Waals surface area (Å²) in [4.78, 5) is 21.9. The lowest BCUT2D eigenvalue weighted by atomic mass is 10.3. The first-order valence-corrected chi connectivity index (χ1v) is 5.33. The molecule has 110 valence electrons. The second-order valence-electron chi connectivity index (χ2n) is 3.73. The van der Waals surface area contributed by atoms with Crippen LogP contribution in [-0.4, -0.2) is 29.5 Å². The highest BCUT2D eigenvalue weighted by Crippen LogP contribution is 2.24. The Morgan fingerprint density at radius 3 is 2.55 bits per heavy atom. The molecule has 0 saturated heterocycles. The topological polar surface area (TPSA) is 87.7 Å². The van der Waals surface area contributed by atoms with Gasteiger partial charge in [-0.15, -0.1) is 13.2 Å². The monoisotopic (exact) mass is 292 g/mol. The van der Waals surface area contributed by atoms with Gasteiger partial charge < -0.3 is 20.5 Å². The third-order valence-corrected chi connectivity index (χ3v) is 2.04. The fourth-order valence-corrected chi connectivity index (χ4v) is 1.20. The van der Waals surface area contributed by atoms with Gasteiger partial charge in [-0.25, -0.2) is 4.79 Å². The number of nitrogens with one attached hydrogen (secondary N) is 2. The van der Waals surface area contributed by atoms with E-state index >= 15 is 0 Å². The lowest BCUT2D eigenvalue weighted by molar-refractivity contribution is -0.274. The van der Waals surface area contributed by atoms with Crippen LogP contribution < -0.4 is 15.4 Å². The van der Waals surface area contributed by atoms with Crippen LogP contribution in [0.3, 0.4) is 0 Å². The highest BCUT2D eigenvalue weighted by molar-refractivity contribution is 5.92. The van der Waals surface area contributed by atoms with Gasteiger partial charge in [-0.3, -0.25) is 4.79 Å². The number of ether oxygens (including phenoxy) is 1. The molecule has 1 aromatic rings. The number of hydrogen-bond acceptors (Lipinski definition) is 3. The number of aliphatic carboxylic acids is 1. The Morgan fingerprint density at radius 2 is 2.00 bits per heavy atom. The third-order valence-electron chi connectivity index (χ3n) is 2.04. The number of alkyl halides is 3. The number of rotatable bonds is 4. The van der Waals surface area contributed by atoms with Gasteiger partial charge in [0.15, 0.2) is 0 Å². The van der Waals surface area contributed by atoms with Gasteiger partial charge >= 0.3 is 18.4 Å². The van der Waals surface area contributed by atoms with E-state index in [0.717, 1.165) is 12.1 Å². The molecule has 0 radical (unpaired) electrons. The van der Waals surface area contributed by atoms with Gasteiger partial charge in [0.25, 0.3) is 0 Å². The van der Waals surface area contributed by atoms with E-state index in [1.807, 2.05) is 0 Å². The van der Waals surface area contributed by atoms with E-state index in [0.29, 0.717) is 0 Å². The number of benzene rings is 1. The molecule has 1 atom stereocenters. The molecule has 0 aliphatic carbocycles. The van der Waals surface area contributed by atoms with Crippen LogP contribution >= 0.6 is 0 Å². The summed E-state index contributed by atoms with van der Waals surface area (Å²) in [6, 6.07) is 2.61. The van der Waals surface area contributed by atoms with Gasteiger partial charge in [0.1, 0.15) is 11.8 Å². The van der Waals surface area contributed by atoms with Gasteiger partial charge in [0.05, 0.1) is 0 Å². The maximum Gasteiger partial charge on any atom is 0.573 e. The summed E-state index contributed by atoms with van der Waals surface area (Å²) < 4.78 is 39.7. The molecule has 0 aliphatic heterocycles. The second kappa shape index (κ2) is 6.13. The van der Waals surface area contributed by atoms with Gasteiger partial charge in [-0.05, 0) is 19.1 Å². The van der Waals surface area contributed by atoms with Gasteiger partial charge in [0, 0.05) is 11.8 Å². The molecule has 3 N–H and O–H groups in total. The van der Waals surface area contributed by atoms with Crippen molar-refractivity contribution in [2.45, 2.75) is 19.3 Å². The fourth-order valence-electron chi connectivity index (χ4n) is 1.20. The molecule has 0 heterocycles. The van der Waals surface area contributed by atoms with Crippen LogP contribution in [0.1, 0.15) is 6.92 Å². The lowest BCUT2D eigenvalue weighted by Crippen LogP contribution is -2.40. The molecule has 1 unspecified atom stereocenters. The molecule has 0 spiro atoms. The second-order valence-corrected chi connectivity index (χ2v) is 3.73. The molecule has 0 saturated carbocycles. The zero-order chi connectivity index (χ0) is 15.3. The van der Waals surface area contributed by atoms with E-state index in [1.54, 1.807) is 0 Å². The van der Waals surface area contributed by atoms with E-state index in [9.17, 15) is 22.8 Å². The summed E-state index contributed by atoms with van der Waals surface area (Å²) >= 11 is 0. The van der Waals surface area contributed by atoms with Gasteiger partial charge in [-0.2, -0.15) is 0 Å². The number of carboxylic acids is 1. The number of urea groups is 1. The van der Waals surface area contributed by atoms with Crippen LogP contribution in [0.5, 0.6) is 5.75 Å². The number of amides is 2.